The molecule has 1 rings (SSSR count). The van der Waals surface area contributed by atoms with Gasteiger partial charge >= 0.3 is 0 Å². The van der Waals surface area contributed by atoms with Gasteiger partial charge in [0, 0.05) is 17.3 Å². The molecular weight excluding hydrogens is 254 g/mol. The van der Waals surface area contributed by atoms with Crippen molar-refractivity contribution in [1.82, 2.24) is 10.3 Å². The molecule has 0 bridgehead atoms. The molecule has 0 saturated heterocycles. The van der Waals surface area contributed by atoms with Crippen molar-refractivity contribution in [1.29, 1.82) is 0 Å². The van der Waals surface area contributed by atoms with Gasteiger partial charge in [0.05, 0.1) is 5.54 Å². The molecule has 17 heavy (non-hydrogen) atoms. The molecule has 0 aliphatic rings. The van der Waals surface area contributed by atoms with Gasteiger partial charge in [-0.2, -0.15) is 0 Å². The van der Waals surface area contributed by atoms with Crippen molar-refractivity contribution >= 4 is 29.0 Å². The molecular formula is C11H19N3OS2. The number of nitrogens with two attached hydrogens (primary N) is 1. The largest absolute Gasteiger partial charge is 0.368 e. The molecule has 0 spiro atoms. The van der Waals surface area contributed by atoms with Crippen molar-refractivity contribution in [3.05, 3.63) is 11.6 Å². The van der Waals surface area contributed by atoms with E-state index in [2.05, 4.69) is 17.2 Å². The lowest BCUT2D eigenvalue weighted by molar-refractivity contribution is -0.123. The Balaban J connectivity index is 2.41. The normalized spacial score (nSPS) is 14.5. The van der Waals surface area contributed by atoms with Gasteiger partial charge in [0.1, 0.15) is 4.34 Å². The molecule has 1 aromatic rings. The minimum absolute atomic E-state index is 0.286. The second-order valence-electron chi connectivity index (χ2n) is 4.02. The number of hydrogen-bond acceptors (Lipinski definition) is 5. The van der Waals surface area contributed by atoms with E-state index in [1.807, 2.05) is 12.3 Å². The van der Waals surface area contributed by atoms with E-state index in [-0.39, 0.29) is 5.91 Å². The Kier molecular flexibility index (Phi) is 5.94. The van der Waals surface area contributed by atoms with Gasteiger partial charge in [0.2, 0.25) is 5.91 Å². The van der Waals surface area contributed by atoms with Crippen LogP contribution in [0, 0.1) is 0 Å². The molecule has 4 nitrogen and oxygen atoms in total. The Morgan fingerprint density at radius 1 is 1.71 bits per heavy atom. The SMILES string of the molecule is CCCNC(C)(CCSc1nccs1)C(N)=O. The third-order valence-corrected chi connectivity index (χ3v) is 4.51. The number of amides is 1. The number of carbonyl (C=O) groups excluding carboxylic acids is 1. The van der Waals surface area contributed by atoms with Crippen LogP contribution in [-0.2, 0) is 4.79 Å². The molecule has 0 saturated carbocycles. The van der Waals surface area contributed by atoms with Crippen LogP contribution in [0.2, 0.25) is 0 Å². The summed E-state index contributed by atoms with van der Waals surface area (Å²) in [4.78, 5) is 15.6. The molecule has 1 atom stereocenters. The zero-order valence-electron chi connectivity index (χ0n) is 10.2. The molecule has 0 aliphatic heterocycles. The summed E-state index contributed by atoms with van der Waals surface area (Å²) in [6.45, 7) is 4.74. The van der Waals surface area contributed by atoms with E-state index in [4.69, 9.17) is 5.73 Å². The van der Waals surface area contributed by atoms with Crippen LogP contribution in [0.1, 0.15) is 26.7 Å². The molecule has 0 fully saturated rings. The average molecular weight is 273 g/mol. The van der Waals surface area contributed by atoms with E-state index in [0.717, 1.165) is 23.1 Å². The van der Waals surface area contributed by atoms with Crippen LogP contribution in [0.15, 0.2) is 15.9 Å². The number of thioether (sulfide) groups is 1. The van der Waals surface area contributed by atoms with Crippen molar-refractivity contribution in [2.75, 3.05) is 12.3 Å². The van der Waals surface area contributed by atoms with Crippen LogP contribution in [0.25, 0.3) is 0 Å². The standard InChI is InChI=1S/C11H19N3OS2/c1-3-5-14-11(2,9(12)15)4-7-16-10-13-6-8-17-10/h6,8,14H,3-5,7H2,1-2H3,(H2,12,15). The molecule has 1 heterocycles. The van der Waals surface area contributed by atoms with Crippen LogP contribution >= 0.6 is 23.1 Å². The number of carbonyl (C=O) groups is 1. The quantitative estimate of drug-likeness (QED) is 0.710. The van der Waals surface area contributed by atoms with Gasteiger partial charge in [0.25, 0.3) is 0 Å². The van der Waals surface area contributed by atoms with Gasteiger partial charge in [0.15, 0.2) is 0 Å². The van der Waals surface area contributed by atoms with E-state index in [9.17, 15) is 4.79 Å². The molecule has 0 aromatic carbocycles. The smallest absolute Gasteiger partial charge is 0.237 e. The lowest BCUT2D eigenvalue weighted by Crippen LogP contribution is -2.53. The molecule has 96 valence electrons. The molecule has 1 aromatic heterocycles. The van der Waals surface area contributed by atoms with Crippen LogP contribution in [-0.4, -0.2) is 28.7 Å². The summed E-state index contributed by atoms with van der Waals surface area (Å²) in [6.07, 6.45) is 3.49. The van der Waals surface area contributed by atoms with E-state index in [1.165, 1.54) is 0 Å². The molecule has 0 radical (unpaired) electrons. The predicted molar refractivity (Wildman–Crippen MR) is 73.3 cm³/mol. The Morgan fingerprint density at radius 3 is 3.00 bits per heavy atom. The monoisotopic (exact) mass is 273 g/mol. The second-order valence-corrected chi connectivity index (χ2v) is 6.26. The number of nitrogens with one attached hydrogen (secondary N) is 1. The van der Waals surface area contributed by atoms with Crippen molar-refractivity contribution in [3.8, 4) is 0 Å². The first-order chi connectivity index (χ1) is 8.08. The van der Waals surface area contributed by atoms with Gasteiger partial charge < -0.3 is 11.1 Å². The maximum atomic E-state index is 11.5. The van der Waals surface area contributed by atoms with Crippen molar-refractivity contribution in [2.24, 2.45) is 5.73 Å². The minimum atomic E-state index is -0.611. The highest BCUT2D eigenvalue weighted by Crippen LogP contribution is 2.23. The Morgan fingerprint density at radius 2 is 2.47 bits per heavy atom. The Labute approximate surface area is 110 Å². The fourth-order valence-corrected chi connectivity index (χ4v) is 3.19. The number of aromatic nitrogens is 1. The van der Waals surface area contributed by atoms with Gasteiger partial charge in [-0.05, 0) is 26.3 Å². The number of thiazole rings is 1. The van der Waals surface area contributed by atoms with Gasteiger partial charge in [-0.1, -0.05) is 18.7 Å². The molecule has 6 heteroatoms. The summed E-state index contributed by atoms with van der Waals surface area (Å²) in [6, 6.07) is 0. The molecule has 1 unspecified atom stereocenters. The summed E-state index contributed by atoms with van der Waals surface area (Å²) < 4.78 is 1.03. The highest BCUT2D eigenvalue weighted by Gasteiger charge is 2.29. The van der Waals surface area contributed by atoms with E-state index < -0.39 is 5.54 Å². The zero-order chi connectivity index (χ0) is 12.7. The Bertz CT molecular complexity index is 342. The first kappa shape index (κ1) is 14.5. The van der Waals surface area contributed by atoms with Crippen LogP contribution in [0.3, 0.4) is 0 Å². The summed E-state index contributed by atoms with van der Waals surface area (Å²) in [5, 5.41) is 5.17. The highest BCUT2D eigenvalue weighted by atomic mass is 32.2. The number of primary amides is 1. The average Bonchev–Trinajstić information content (AvgIpc) is 2.79. The fraction of sp³-hybridized carbons (Fsp3) is 0.636. The molecule has 0 aliphatic carbocycles. The summed E-state index contributed by atoms with van der Waals surface area (Å²) >= 11 is 3.28. The third kappa shape index (κ3) is 4.65. The molecule has 3 N–H and O–H groups in total. The maximum Gasteiger partial charge on any atom is 0.237 e. The summed E-state index contributed by atoms with van der Waals surface area (Å²) in [5.74, 6) is 0.551. The van der Waals surface area contributed by atoms with Crippen molar-refractivity contribution in [3.63, 3.8) is 0 Å². The van der Waals surface area contributed by atoms with E-state index >= 15 is 0 Å². The topological polar surface area (TPSA) is 68.0 Å². The number of nitrogens with zero attached hydrogens (tertiary/aromatic N) is 1. The van der Waals surface area contributed by atoms with Gasteiger partial charge in [-0.3, -0.25) is 4.79 Å². The maximum absolute atomic E-state index is 11.5. The van der Waals surface area contributed by atoms with Crippen LogP contribution in [0.5, 0.6) is 0 Å². The van der Waals surface area contributed by atoms with Crippen molar-refractivity contribution in [2.45, 2.75) is 36.6 Å². The van der Waals surface area contributed by atoms with Gasteiger partial charge in [-0.15, -0.1) is 11.3 Å². The van der Waals surface area contributed by atoms with E-state index in [1.54, 1.807) is 29.3 Å². The highest BCUT2D eigenvalue weighted by molar-refractivity contribution is 8.00. The second kappa shape index (κ2) is 6.98. The Hall–Kier alpha value is -0.590. The van der Waals surface area contributed by atoms with Crippen LogP contribution in [0.4, 0.5) is 0 Å². The zero-order valence-corrected chi connectivity index (χ0v) is 11.9. The molecule has 1 amide bonds. The summed E-state index contributed by atoms with van der Waals surface area (Å²) in [5.41, 5.74) is 4.84. The third-order valence-electron chi connectivity index (χ3n) is 2.55. The predicted octanol–water partition coefficient (Wildman–Crippen LogP) is 1.87. The minimum Gasteiger partial charge on any atom is -0.368 e. The number of hydrogen-bond donors (Lipinski definition) is 2. The van der Waals surface area contributed by atoms with E-state index in [0.29, 0.717) is 6.42 Å². The number of rotatable bonds is 8. The van der Waals surface area contributed by atoms with Crippen molar-refractivity contribution < 1.29 is 4.79 Å². The first-order valence-electron chi connectivity index (χ1n) is 5.65. The fourth-order valence-electron chi connectivity index (χ4n) is 1.32. The lowest BCUT2D eigenvalue weighted by Gasteiger charge is -2.27. The lowest BCUT2D eigenvalue weighted by atomic mass is 9.98. The summed E-state index contributed by atoms with van der Waals surface area (Å²) in [7, 11) is 0. The van der Waals surface area contributed by atoms with Gasteiger partial charge in [-0.25, -0.2) is 4.98 Å². The van der Waals surface area contributed by atoms with Crippen LogP contribution < -0.4 is 11.1 Å². The first-order valence-corrected chi connectivity index (χ1v) is 7.52.